The third kappa shape index (κ3) is 4.96. The minimum atomic E-state index is 0.656. The summed E-state index contributed by atoms with van der Waals surface area (Å²) in [6, 6.07) is 1.32. The van der Waals surface area contributed by atoms with Crippen molar-refractivity contribution in [1.82, 2.24) is 10.2 Å². The second kappa shape index (κ2) is 7.20. The maximum absolute atomic E-state index is 5.39. The van der Waals surface area contributed by atoms with Crippen molar-refractivity contribution in [2.75, 3.05) is 33.4 Å². The Morgan fingerprint density at radius 1 is 1.53 bits per heavy atom. The van der Waals surface area contributed by atoms with Crippen LogP contribution in [0.15, 0.2) is 0 Å². The van der Waals surface area contributed by atoms with Crippen molar-refractivity contribution in [2.24, 2.45) is 0 Å². The molecule has 0 spiro atoms. The van der Waals surface area contributed by atoms with Gasteiger partial charge in [-0.05, 0) is 46.3 Å². The third-order valence-corrected chi connectivity index (χ3v) is 3.23. The fraction of sp³-hybridized carbons (Fsp3) is 1.00. The Hall–Kier alpha value is -0.120. The summed E-state index contributed by atoms with van der Waals surface area (Å²) >= 11 is 0. The molecular formula is C12H26N2O. The molecule has 3 heteroatoms. The van der Waals surface area contributed by atoms with E-state index in [1.807, 2.05) is 0 Å². The lowest BCUT2D eigenvalue weighted by atomic mass is 10.1. The van der Waals surface area contributed by atoms with Gasteiger partial charge in [0, 0.05) is 18.7 Å². The fourth-order valence-electron chi connectivity index (χ4n) is 2.15. The molecule has 1 aliphatic rings. The highest BCUT2D eigenvalue weighted by atomic mass is 16.5. The smallest absolute Gasteiger partial charge is 0.0622 e. The highest BCUT2D eigenvalue weighted by Gasteiger charge is 2.19. The number of hydrogen-bond donors (Lipinski definition) is 1. The highest BCUT2D eigenvalue weighted by Crippen LogP contribution is 2.11. The molecular weight excluding hydrogens is 188 g/mol. The Balaban J connectivity index is 2.03. The Kier molecular flexibility index (Phi) is 6.22. The lowest BCUT2D eigenvalue weighted by Gasteiger charge is -2.23. The second-order valence-electron chi connectivity index (χ2n) is 4.60. The van der Waals surface area contributed by atoms with Crippen molar-refractivity contribution in [3.8, 4) is 0 Å². The molecule has 0 aromatic heterocycles. The summed E-state index contributed by atoms with van der Waals surface area (Å²) < 4.78 is 5.39. The van der Waals surface area contributed by atoms with Crippen molar-refractivity contribution in [1.29, 1.82) is 0 Å². The largest absolute Gasteiger partial charge is 0.380 e. The molecule has 1 heterocycles. The monoisotopic (exact) mass is 214 g/mol. The molecule has 3 nitrogen and oxygen atoms in total. The quantitative estimate of drug-likeness (QED) is 0.695. The van der Waals surface area contributed by atoms with Crippen LogP contribution < -0.4 is 5.32 Å². The van der Waals surface area contributed by atoms with E-state index < -0.39 is 0 Å². The van der Waals surface area contributed by atoms with E-state index in [0.717, 1.165) is 19.8 Å². The predicted molar refractivity (Wildman–Crippen MR) is 64.2 cm³/mol. The molecule has 0 saturated carbocycles. The minimum Gasteiger partial charge on any atom is -0.380 e. The van der Waals surface area contributed by atoms with Gasteiger partial charge in [0.2, 0.25) is 0 Å². The van der Waals surface area contributed by atoms with Gasteiger partial charge in [0.1, 0.15) is 0 Å². The van der Waals surface area contributed by atoms with Crippen LogP contribution in [-0.2, 0) is 4.74 Å². The molecule has 2 atom stereocenters. The molecule has 1 aliphatic heterocycles. The van der Waals surface area contributed by atoms with Crippen molar-refractivity contribution >= 4 is 0 Å². The molecule has 1 rings (SSSR count). The zero-order chi connectivity index (χ0) is 11.1. The van der Waals surface area contributed by atoms with Gasteiger partial charge in [0.15, 0.2) is 0 Å². The standard InChI is InChI=1S/C12H26N2O/c1-4-13-11(2)6-5-8-14(3)12-7-9-15-10-12/h11-13H,4-10H2,1-3H3. The zero-order valence-corrected chi connectivity index (χ0v) is 10.5. The first-order chi connectivity index (χ1) is 7.24. The van der Waals surface area contributed by atoms with Gasteiger partial charge in [0.05, 0.1) is 6.61 Å². The van der Waals surface area contributed by atoms with Crippen molar-refractivity contribution < 1.29 is 4.74 Å². The van der Waals surface area contributed by atoms with E-state index in [1.165, 1.54) is 25.8 Å². The highest BCUT2D eigenvalue weighted by molar-refractivity contribution is 4.73. The van der Waals surface area contributed by atoms with Crippen LogP contribution in [0.3, 0.4) is 0 Å². The summed E-state index contributed by atoms with van der Waals surface area (Å²) in [5.74, 6) is 0. The van der Waals surface area contributed by atoms with Gasteiger partial charge in [-0.1, -0.05) is 6.92 Å². The van der Waals surface area contributed by atoms with Crippen molar-refractivity contribution in [2.45, 2.75) is 45.2 Å². The van der Waals surface area contributed by atoms with E-state index in [-0.39, 0.29) is 0 Å². The van der Waals surface area contributed by atoms with E-state index in [1.54, 1.807) is 0 Å². The van der Waals surface area contributed by atoms with Crippen molar-refractivity contribution in [3.05, 3.63) is 0 Å². The molecule has 15 heavy (non-hydrogen) atoms. The molecule has 2 unspecified atom stereocenters. The lowest BCUT2D eigenvalue weighted by molar-refractivity contribution is 0.158. The predicted octanol–water partition coefficient (Wildman–Crippen LogP) is 1.49. The fourth-order valence-corrected chi connectivity index (χ4v) is 2.15. The summed E-state index contributed by atoms with van der Waals surface area (Å²) in [5, 5.41) is 3.45. The summed E-state index contributed by atoms with van der Waals surface area (Å²) in [5.41, 5.74) is 0. The molecule has 1 N–H and O–H groups in total. The maximum Gasteiger partial charge on any atom is 0.0622 e. The first-order valence-electron chi connectivity index (χ1n) is 6.25. The number of likely N-dealkylation sites (N-methyl/N-ethyl adjacent to an activating group) is 1. The van der Waals surface area contributed by atoms with Crippen LogP contribution in [0.2, 0.25) is 0 Å². The average molecular weight is 214 g/mol. The van der Waals surface area contributed by atoms with Crippen LogP contribution in [-0.4, -0.2) is 50.3 Å². The first kappa shape index (κ1) is 12.9. The Labute approximate surface area is 94.2 Å². The molecule has 0 aromatic rings. The Morgan fingerprint density at radius 2 is 2.33 bits per heavy atom. The van der Waals surface area contributed by atoms with E-state index in [2.05, 4.69) is 31.1 Å². The van der Waals surface area contributed by atoms with Gasteiger partial charge in [-0.2, -0.15) is 0 Å². The normalized spacial score (nSPS) is 23.6. The minimum absolute atomic E-state index is 0.656. The van der Waals surface area contributed by atoms with Gasteiger partial charge >= 0.3 is 0 Å². The molecule has 0 radical (unpaired) electrons. The van der Waals surface area contributed by atoms with Gasteiger partial charge in [-0.3, -0.25) is 0 Å². The average Bonchev–Trinajstić information content (AvgIpc) is 2.70. The molecule has 1 fully saturated rings. The Morgan fingerprint density at radius 3 is 2.93 bits per heavy atom. The first-order valence-corrected chi connectivity index (χ1v) is 6.25. The number of rotatable bonds is 7. The summed E-state index contributed by atoms with van der Waals surface area (Å²) in [4.78, 5) is 2.45. The third-order valence-electron chi connectivity index (χ3n) is 3.23. The summed E-state index contributed by atoms with van der Waals surface area (Å²) in [6.07, 6.45) is 3.76. The van der Waals surface area contributed by atoms with Crippen molar-refractivity contribution in [3.63, 3.8) is 0 Å². The van der Waals surface area contributed by atoms with E-state index in [9.17, 15) is 0 Å². The SMILES string of the molecule is CCNC(C)CCCN(C)C1CCOC1. The molecule has 1 saturated heterocycles. The second-order valence-corrected chi connectivity index (χ2v) is 4.60. The summed E-state index contributed by atoms with van der Waals surface area (Å²) in [6.45, 7) is 8.58. The van der Waals surface area contributed by atoms with Crippen LogP contribution in [0, 0.1) is 0 Å². The van der Waals surface area contributed by atoms with Crippen LogP contribution in [0.25, 0.3) is 0 Å². The van der Waals surface area contributed by atoms with Crippen LogP contribution in [0.5, 0.6) is 0 Å². The van der Waals surface area contributed by atoms with E-state index in [0.29, 0.717) is 12.1 Å². The maximum atomic E-state index is 5.39. The Bertz CT molecular complexity index is 158. The van der Waals surface area contributed by atoms with Crippen LogP contribution in [0.1, 0.15) is 33.1 Å². The van der Waals surface area contributed by atoms with Crippen LogP contribution in [0.4, 0.5) is 0 Å². The van der Waals surface area contributed by atoms with Crippen LogP contribution >= 0.6 is 0 Å². The number of nitrogens with zero attached hydrogens (tertiary/aromatic N) is 1. The molecule has 0 amide bonds. The molecule has 0 bridgehead atoms. The number of hydrogen-bond acceptors (Lipinski definition) is 3. The molecule has 0 aromatic carbocycles. The lowest BCUT2D eigenvalue weighted by Crippen LogP contribution is -2.34. The summed E-state index contributed by atoms with van der Waals surface area (Å²) in [7, 11) is 2.22. The van der Waals surface area contributed by atoms with Gasteiger partial charge in [-0.15, -0.1) is 0 Å². The molecule has 90 valence electrons. The topological polar surface area (TPSA) is 24.5 Å². The number of ether oxygens (including phenoxy) is 1. The number of nitrogens with one attached hydrogen (secondary N) is 1. The zero-order valence-electron chi connectivity index (χ0n) is 10.5. The van der Waals surface area contributed by atoms with Gasteiger partial charge < -0.3 is 15.0 Å². The van der Waals surface area contributed by atoms with Gasteiger partial charge in [-0.25, -0.2) is 0 Å². The van der Waals surface area contributed by atoms with E-state index in [4.69, 9.17) is 4.74 Å². The molecule has 0 aliphatic carbocycles. The van der Waals surface area contributed by atoms with E-state index >= 15 is 0 Å². The van der Waals surface area contributed by atoms with Gasteiger partial charge in [0.25, 0.3) is 0 Å².